The topological polar surface area (TPSA) is 157 Å². The lowest BCUT2D eigenvalue weighted by Gasteiger charge is -2.39. The van der Waals surface area contributed by atoms with Crippen molar-refractivity contribution in [2.24, 2.45) is 0 Å². The Hall–Kier alpha value is -4.50. The molecule has 0 spiro atoms. The molecule has 1 heterocycles. The van der Waals surface area contributed by atoms with Gasteiger partial charge in [-0.3, -0.25) is 28.3 Å². The number of nitro benzene ring substituents is 1. The molecule has 11 nitrogen and oxygen atoms in total. The van der Waals surface area contributed by atoms with Gasteiger partial charge in [0.05, 0.1) is 17.2 Å². The van der Waals surface area contributed by atoms with Crippen molar-refractivity contribution in [2.45, 2.75) is 83.4 Å². The molecule has 5 rings (SSSR count). The van der Waals surface area contributed by atoms with Crippen molar-refractivity contribution in [3.63, 3.8) is 0 Å². The van der Waals surface area contributed by atoms with E-state index in [2.05, 4.69) is 0 Å². The molecular formula is C39H45FN2O9S2. The van der Waals surface area contributed by atoms with Crippen molar-refractivity contribution in [1.29, 1.82) is 0 Å². The molecule has 1 saturated heterocycles. The number of hydrogen-bond acceptors (Lipinski definition) is 9. The van der Waals surface area contributed by atoms with Gasteiger partial charge >= 0.3 is 5.97 Å². The number of ether oxygens (including phenoxy) is 2. The molecule has 1 aliphatic rings. The summed E-state index contributed by atoms with van der Waals surface area (Å²) < 4.78 is 76.6. The molecule has 0 amide bonds. The minimum absolute atomic E-state index is 0.0239. The van der Waals surface area contributed by atoms with Crippen LogP contribution in [0.2, 0.25) is 0 Å². The van der Waals surface area contributed by atoms with Crippen LogP contribution < -0.4 is 9.04 Å². The van der Waals surface area contributed by atoms with E-state index in [9.17, 15) is 32.4 Å². The van der Waals surface area contributed by atoms with Crippen LogP contribution in [0.15, 0.2) is 83.8 Å². The summed E-state index contributed by atoms with van der Waals surface area (Å²) in [4.78, 5) is 22.9. The minimum Gasteiger partial charge on any atom is -0.490 e. The molecule has 0 unspecified atom stereocenters. The highest BCUT2D eigenvalue weighted by Crippen LogP contribution is 2.45. The van der Waals surface area contributed by atoms with Gasteiger partial charge in [-0.1, -0.05) is 36.4 Å². The fourth-order valence-corrected chi connectivity index (χ4v) is 9.51. The number of halogens is 1. The summed E-state index contributed by atoms with van der Waals surface area (Å²) in [7, 11) is -7.15. The maximum atomic E-state index is 15.6. The highest BCUT2D eigenvalue weighted by atomic mass is 32.3. The summed E-state index contributed by atoms with van der Waals surface area (Å²) in [5.74, 6) is 0.0607. The number of aryl methyl sites for hydroxylation is 3. The lowest BCUT2D eigenvalue weighted by molar-refractivity contribution is -0.387. The first kappa shape index (κ1) is 39.7. The van der Waals surface area contributed by atoms with Crippen LogP contribution in [0, 0.1) is 29.8 Å². The van der Waals surface area contributed by atoms with Crippen molar-refractivity contribution in [1.82, 2.24) is 0 Å². The standard InChI is InChI=1S/C39H45FN2O9S2/c1-26-21-33(50-32-17-19-52(46,47)20-18-32)22-27(2)38(26)30-10-8-9-28(23-30)25-41(53(48,49)36-12-7-6-11-35(36)42(44)45)31-15-13-29(34(40)24-31)14-16-37(43)51-39(3,4)5/h6-13,15,21-24,32,46-47H,14,16-20,25H2,1-5H3. The molecule has 0 bridgehead atoms. The number of sulfonamides is 1. The summed E-state index contributed by atoms with van der Waals surface area (Å²) >= 11 is 0. The Balaban J connectivity index is 1.47. The van der Waals surface area contributed by atoms with Gasteiger partial charge in [0.2, 0.25) is 0 Å². The van der Waals surface area contributed by atoms with Gasteiger partial charge in [-0.2, -0.15) is 10.6 Å². The van der Waals surface area contributed by atoms with E-state index in [0.29, 0.717) is 35.7 Å². The van der Waals surface area contributed by atoms with E-state index in [4.69, 9.17) is 9.47 Å². The summed E-state index contributed by atoms with van der Waals surface area (Å²) in [6, 6.07) is 20.0. The summed E-state index contributed by atoms with van der Waals surface area (Å²) in [5.41, 5.74) is 2.88. The maximum absolute atomic E-state index is 15.6. The van der Waals surface area contributed by atoms with Gasteiger partial charge in [-0.05, 0) is 111 Å². The van der Waals surface area contributed by atoms with E-state index in [-0.39, 0.29) is 36.7 Å². The molecule has 0 atom stereocenters. The van der Waals surface area contributed by atoms with Crippen molar-refractivity contribution < 1.29 is 41.1 Å². The lowest BCUT2D eigenvalue weighted by atomic mass is 9.94. The van der Waals surface area contributed by atoms with E-state index in [1.54, 1.807) is 32.9 Å². The van der Waals surface area contributed by atoms with Crippen molar-refractivity contribution in [3.05, 3.63) is 117 Å². The molecule has 1 fully saturated rings. The molecule has 53 heavy (non-hydrogen) atoms. The second kappa shape index (κ2) is 15.8. The lowest BCUT2D eigenvalue weighted by Crippen LogP contribution is -2.31. The first-order valence-electron chi connectivity index (χ1n) is 17.2. The Morgan fingerprint density at radius 1 is 0.981 bits per heavy atom. The van der Waals surface area contributed by atoms with Gasteiger partial charge in [0.1, 0.15) is 23.3 Å². The average Bonchev–Trinajstić information content (AvgIpc) is 3.06. The molecular weight excluding hydrogens is 724 g/mol. The zero-order valence-electron chi connectivity index (χ0n) is 30.4. The fraction of sp³-hybridized carbons (Fsp3) is 0.359. The Morgan fingerprint density at radius 3 is 2.26 bits per heavy atom. The number of rotatable bonds is 12. The predicted molar refractivity (Wildman–Crippen MR) is 205 cm³/mol. The Labute approximate surface area is 311 Å². The Kier molecular flexibility index (Phi) is 11.9. The Bertz CT molecular complexity index is 2080. The molecule has 4 aromatic carbocycles. The number of hydrogen-bond donors (Lipinski definition) is 2. The van der Waals surface area contributed by atoms with Crippen LogP contribution in [0.1, 0.15) is 62.3 Å². The molecule has 284 valence electrons. The predicted octanol–water partition coefficient (Wildman–Crippen LogP) is 8.98. The normalized spacial score (nSPS) is 15.4. The van der Waals surface area contributed by atoms with Crippen LogP contribution in [-0.4, -0.2) is 51.6 Å². The first-order chi connectivity index (χ1) is 24.8. The van der Waals surface area contributed by atoms with Gasteiger partial charge in [0.25, 0.3) is 15.7 Å². The van der Waals surface area contributed by atoms with E-state index in [1.807, 2.05) is 38.1 Å². The van der Waals surface area contributed by atoms with Crippen molar-refractivity contribution >= 4 is 38.0 Å². The third-order valence-corrected chi connectivity index (χ3v) is 12.5. The number of nitro groups is 1. The van der Waals surface area contributed by atoms with Gasteiger partial charge in [-0.25, -0.2) is 12.8 Å². The molecule has 4 aromatic rings. The van der Waals surface area contributed by atoms with E-state index >= 15 is 4.39 Å². The number of nitrogens with zero attached hydrogens (tertiary/aromatic N) is 2. The maximum Gasteiger partial charge on any atom is 0.306 e. The molecule has 2 N–H and O–H groups in total. The summed E-state index contributed by atoms with van der Waals surface area (Å²) in [6.07, 6.45) is 0.916. The van der Waals surface area contributed by atoms with Gasteiger partial charge < -0.3 is 9.47 Å². The highest BCUT2D eigenvalue weighted by molar-refractivity contribution is 8.24. The van der Waals surface area contributed by atoms with Crippen LogP contribution in [-0.2, 0) is 32.5 Å². The number of benzene rings is 4. The zero-order chi connectivity index (χ0) is 38.7. The minimum atomic E-state index is -4.62. The third-order valence-electron chi connectivity index (χ3n) is 8.86. The molecule has 0 radical (unpaired) electrons. The summed E-state index contributed by atoms with van der Waals surface area (Å²) in [5, 5.41) is 11.9. The third kappa shape index (κ3) is 9.93. The zero-order valence-corrected chi connectivity index (χ0v) is 32.0. The number of anilines is 1. The molecule has 14 heteroatoms. The molecule has 0 aliphatic carbocycles. The van der Waals surface area contributed by atoms with Crippen LogP contribution in [0.3, 0.4) is 0 Å². The fourth-order valence-electron chi connectivity index (χ4n) is 6.42. The number of para-hydroxylation sites is 1. The highest BCUT2D eigenvalue weighted by Gasteiger charge is 2.33. The van der Waals surface area contributed by atoms with E-state index in [1.165, 1.54) is 24.3 Å². The van der Waals surface area contributed by atoms with Crippen molar-refractivity contribution in [2.75, 3.05) is 15.8 Å². The quantitative estimate of drug-likeness (QED) is 0.0816. The smallest absolute Gasteiger partial charge is 0.306 e. The van der Waals surface area contributed by atoms with E-state index in [0.717, 1.165) is 44.8 Å². The first-order valence-corrected chi connectivity index (χ1v) is 20.5. The second-order valence-electron chi connectivity index (χ2n) is 14.3. The van der Waals surface area contributed by atoms with Crippen LogP contribution >= 0.6 is 10.6 Å². The Morgan fingerprint density at radius 2 is 1.64 bits per heavy atom. The monoisotopic (exact) mass is 768 g/mol. The molecule has 1 aliphatic heterocycles. The number of esters is 1. The van der Waals surface area contributed by atoms with Crippen LogP contribution in [0.25, 0.3) is 11.1 Å². The number of carbonyl (C=O) groups is 1. The molecule has 0 saturated carbocycles. The SMILES string of the molecule is Cc1cc(OC2CCS(O)(O)CC2)cc(C)c1-c1cccc(CN(c2ccc(CCC(=O)OC(C)(C)C)c(F)c2)S(=O)(=O)c2ccccc2[N+](=O)[O-])c1. The largest absolute Gasteiger partial charge is 0.490 e. The van der Waals surface area contributed by atoms with Crippen LogP contribution in [0.5, 0.6) is 5.75 Å². The van der Waals surface area contributed by atoms with Gasteiger partial charge in [-0.15, -0.1) is 0 Å². The molecule has 0 aromatic heterocycles. The van der Waals surface area contributed by atoms with E-state index < -0.39 is 53.5 Å². The second-order valence-corrected chi connectivity index (χ2v) is 18.5. The van der Waals surface area contributed by atoms with Gasteiger partial charge in [0, 0.05) is 36.8 Å². The summed E-state index contributed by atoms with van der Waals surface area (Å²) in [6.45, 7) is 8.80. The van der Waals surface area contributed by atoms with Gasteiger partial charge in [0.15, 0.2) is 4.90 Å². The van der Waals surface area contributed by atoms with Crippen molar-refractivity contribution in [3.8, 4) is 16.9 Å². The van der Waals surface area contributed by atoms with Crippen LogP contribution in [0.4, 0.5) is 15.8 Å². The average molecular weight is 769 g/mol. The number of carbonyl (C=O) groups excluding carboxylic acids is 1.